The second-order valence-corrected chi connectivity index (χ2v) is 7.17. The highest BCUT2D eigenvalue weighted by molar-refractivity contribution is 7.89. The molecule has 1 aliphatic heterocycles. The van der Waals surface area contributed by atoms with Crippen LogP contribution >= 0.6 is 0 Å². The quantitative estimate of drug-likeness (QED) is 0.468. The lowest BCUT2D eigenvalue weighted by atomic mass is 10.1. The molecule has 0 bridgehead atoms. The molecule has 6 nitrogen and oxygen atoms in total. The third kappa shape index (κ3) is 5.79. The predicted molar refractivity (Wildman–Crippen MR) is 73.1 cm³/mol. The van der Waals surface area contributed by atoms with E-state index in [0.717, 1.165) is 25.9 Å². The maximum absolute atomic E-state index is 11.8. The van der Waals surface area contributed by atoms with E-state index in [-0.39, 0.29) is 23.5 Å². The Hall–Kier alpha value is -0.660. The molecule has 106 valence electrons. The summed E-state index contributed by atoms with van der Waals surface area (Å²) in [6.45, 7) is 5.84. The molecule has 0 radical (unpaired) electrons. The van der Waals surface area contributed by atoms with Crippen LogP contribution in [0.15, 0.2) is 0 Å². The molecular formula is C11H24N4O2S. The Morgan fingerprint density at radius 3 is 2.44 bits per heavy atom. The van der Waals surface area contributed by atoms with Crippen LogP contribution in [0.4, 0.5) is 0 Å². The van der Waals surface area contributed by atoms with Gasteiger partial charge in [-0.05, 0) is 18.8 Å². The minimum absolute atomic E-state index is 0.0250. The van der Waals surface area contributed by atoms with Crippen molar-refractivity contribution in [2.45, 2.75) is 32.7 Å². The molecule has 0 aromatic heterocycles. The average molecular weight is 276 g/mol. The van der Waals surface area contributed by atoms with Crippen molar-refractivity contribution in [1.82, 2.24) is 9.62 Å². The molecule has 0 saturated carbocycles. The summed E-state index contributed by atoms with van der Waals surface area (Å²) >= 11 is 0. The Balaban J connectivity index is 2.37. The lowest BCUT2D eigenvalue weighted by Crippen LogP contribution is -2.47. The zero-order chi connectivity index (χ0) is 13.8. The number of piperidine rings is 1. The van der Waals surface area contributed by atoms with Crippen LogP contribution < -0.4 is 10.5 Å². The molecule has 0 spiro atoms. The number of hydrogen-bond donors (Lipinski definition) is 3. The third-order valence-corrected chi connectivity index (χ3v) is 4.68. The van der Waals surface area contributed by atoms with Crippen molar-refractivity contribution in [2.75, 3.05) is 25.4 Å². The molecule has 18 heavy (non-hydrogen) atoms. The molecule has 0 unspecified atom stereocenters. The fourth-order valence-corrected chi connectivity index (χ4v) is 3.91. The van der Waals surface area contributed by atoms with Gasteiger partial charge in [0.2, 0.25) is 10.0 Å². The molecule has 0 atom stereocenters. The van der Waals surface area contributed by atoms with Crippen LogP contribution in [0.5, 0.6) is 0 Å². The molecule has 0 aliphatic carbocycles. The van der Waals surface area contributed by atoms with Gasteiger partial charge in [-0.3, -0.25) is 10.3 Å². The van der Waals surface area contributed by atoms with Crippen molar-refractivity contribution in [1.29, 1.82) is 5.41 Å². The predicted octanol–water partition coefficient (Wildman–Crippen LogP) is -0.0378. The van der Waals surface area contributed by atoms with Crippen LogP contribution in [0.25, 0.3) is 0 Å². The minimum Gasteiger partial charge on any atom is -0.387 e. The zero-order valence-corrected chi connectivity index (χ0v) is 12.0. The number of sulfonamides is 1. The largest absolute Gasteiger partial charge is 0.387 e. The van der Waals surface area contributed by atoms with Crippen LogP contribution in [-0.4, -0.2) is 50.6 Å². The Morgan fingerprint density at radius 1 is 1.44 bits per heavy atom. The van der Waals surface area contributed by atoms with Crippen LogP contribution in [-0.2, 0) is 10.0 Å². The van der Waals surface area contributed by atoms with Crippen LogP contribution in [0.3, 0.4) is 0 Å². The standard InChI is InChI=1S/C11H24N4O2S/c1-9(2)8-18(16,17)14-10-3-5-15(6-4-10)7-11(12)13/h9-10,14H,3-8H2,1-2H3,(H3,12,13). The van der Waals surface area contributed by atoms with E-state index in [2.05, 4.69) is 9.62 Å². The van der Waals surface area contributed by atoms with Gasteiger partial charge in [0.15, 0.2) is 0 Å². The fourth-order valence-electron chi connectivity index (χ4n) is 2.19. The van der Waals surface area contributed by atoms with Gasteiger partial charge in [0.25, 0.3) is 0 Å². The summed E-state index contributed by atoms with van der Waals surface area (Å²) in [7, 11) is -3.16. The van der Waals surface area contributed by atoms with Crippen LogP contribution in [0, 0.1) is 11.3 Å². The topological polar surface area (TPSA) is 99.3 Å². The van der Waals surface area contributed by atoms with Gasteiger partial charge in [-0.25, -0.2) is 13.1 Å². The number of rotatable bonds is 6. The SMILES string of the molecule is CC(C)CS(=O)(=O)NC1CCN(CC(=N)N)CC1. The zero-order valence-electron chi connectivity index (χ0n) is 11.1. The molecule has 0 aromatic rings. The maximum Gasteiger partial charge on any atom is 0.212 e. The molecule has 0 aromatic carbocycles. The van der Waals surface area contributed by atoms with E-state index in [9.17, 15) is 8.42 Å². The average Bonchev–Trinajstić information content (AvgIpc) is 2.17. The van der Waals surface area contributed by atoms with Gasteiger partial charge in [-0.1, -0.05) is 13.8 Å². The normalized spacial score (nSPS) is 19.3. The number of nitrogens with one attached hydrogen (secondary N) is 2. The van der Waals surface area contributed by atoms with Crippen LogP contribution in [0.1, 0.15) is 26.7 Å². The molecule has 1 aliphatic rings. The third-order valence-electron chi connectivity index (χ3n) is 2.88. The highest BCUT2D eigenvalue weighted by Crippen LogP contribution is 2.11. The molecule has 1 saturated heterocycles. The van der Waals surface area contributed by atoms with Crippen molar-refractivity contribution < 1.29 is 8.42 Å². The monoisotopic (exact) mass is 276 g/mol. The van der Waals surface area contributed by atoms with Crippen LogP contribution in [0.2, 0.25) is 0 Å². The van der Waals surface area contributed by atoms with E-state index < -0.39 is 10.0 Å². The summed E-state index contributed by atoms with van der Waals surface area (Å²) < 4.78 is 26.3. The number of amidine groups is 1. The Labute approximate surface area is 109 Å². The maximum atomic E-state index is 11.8. The second-order valence-electron chi connectivity index (χ2n) is 5.37. The summed E-state index contributed by atoms with van der Waals surface area (Å²) in [4.78, 5) is 2.08. The molecule has 1 heterocycles. The minimum atomic E-state index is -3.16. The molecule has 0 amide bonds. The molecule has 7 heteroatoms. The summed E-state index contributed by atoms with van der Waals surface area (Å²) in [6.07, 6.45) is 1.56. The van der Waals surface area contributed by atoms with Crippen molar-refractivity contribution in [3.05, 3.63) is 0 Å². The molecule has 1 rings (SSSR count). The van der Waals surface area contributed by atoms with Gasteiger partial charge in [-0.15, -0.1) is 0 Å². The van der Waals surface area contributed by atoms with Gasteiger partial charge in [0, 0.05) is 19.1 Å². The van der Waals surface area contributed by atoms with E-state index >= 15 is 0 Å². The van der Waals surface area contributed by atoms with E-state index in [1.165, 1.54) is 0 Å². The smallest absolute Gasteiger partial charge is 0.212 e. The van der Waals surface area contributed by atoms with Gasteiger partial charge >= 0.3 is 0 Å². The first-order chi connectivity index (χ1) is 8.28. The number of nitrogens with zero attached hydrogens (tertiary/aromatic N) is 1. The Kier molecular flexibility index (Phi) is 5.55. The lowest BCUT2D eigenvalue weighted by molar-refractivity contribution is 0.231. The van der Waals surface area contributed by atoms with Gasteiger partial charge in [-0.2, -0.15) is 0 Å². The first-order valence-corrected chi connectivity index (χ1v) is 7.99. The number of likely N-dealkylation sites (tertiary alicyclic amines) is 1. The fraction of sp³-hybridized carbons (Fsp3) is 0.909. The Bertz CT molecular complexity index is 373. The van der Waals surface area contributed by atoms with E-state index in [0.29, 0.717) is 6.54 Å². The summed E-state index contributed by atoms with van der Waals surface area (Å²) in [5.74, 6) is 0.481. The lowest BCUT2D eigenvalue weighted by Gasteiger charge is -2.31. The summed E-state index contributed by atoms with van der Waals surface area (Å²) in [5, 5.41) is 7.23. The first-order valence-electron chi connectivity index (χ1n) is 6.34. The van der Waals surface area contributed by atoms with Crippen molar-refractivity contribution in [3.8, 4) is 0 Å². The highest BCUT2D eigenvalue weighted by atomic mass is 32.2. The van der Waals surface area contributed by atoms with Crippen molar-refractivity contribution in [2.24, 2.45) is 11.7 Å². The van der Waals surface area contributed by atoms with Gasteiger partial charge < -0.3 is 5.73 Å². The number of nitrogens with two attached hydrogens (primary N) is 1. The molecule has 1 fully saturated rings. The van der Waals surface area contributed by atoms with Gasteiger partial charge in [0.05, 0.1) is 12.3 Å². The van der Waals surface area contributed by atoms with E-state index in [4.69, 9.17) is 11.1 Å². The first kappa shape index (κ1) is 15.4. The summed E-state index contributed by atoms with van der Waals surface area (Å²) in [6, 6.07) is 0.0250. The molecule has 4 N–H and O–H groups in total. The van der Waals surface area contributed by atoms with Gasteiger partial charge in [0.1, 0.15) is 5.84 Å². The van der Waals surface area contributed by atoms with Crippen molar-refractivity contribution >= 4 is 15.9 Å². The number of hydrogen-bond acceptors (Lipinski definition) is 4. The molecular weight excluding hydrogens is 252 g/mol. The second kappa shape index (κ2) is 6.49. The van der Waals surface area contributed by atoms with Crippen molar-refractivity contribution in [3.63, 3.8) is 0 Å². The Morgan fingerprint density at radius 2 is 2.00 bits per heavy atom. The van der Waals surface area contributed by atoms with E-state index in [1.807, 2.05) is 13.8 Å². The summed E-state index contributed by atoms with van der Waals surface area (Å²) in [5.41, 5.74) is 5.34. The highest BCUT2D eigenvalue weighted by Gasteiger charge is 2.24. The van der Waals surface area contributed by atoms with E-state index in [1.54, 1.807) is 0 Å².